The Kier molecular flexibility index (Phi) is 12.1. The molecule has 10 N–H and O–H groups in total. The average molecular weight is 402 g/mol. The summed E-state index contributed by atoms with van der Waals surface area (Å²) in [6.07, 6.45) is 1.38. The van der Waals surface area contributed by atoms with Crippen molar-refractivity contribution in [2.24, 2.45) is 17.2 Å². The molecule has 0 bridgehead atoms. The van der Waals surface area contributed by atoms with E-state index in [1.807, 2.05) is 0 Å². The average Bonchev–Trinajstić information content (AvgIpc) is 2.62. The minimum Gasteiger partial charge on any atom is -0.480 e. The number of aliphatic carboxylic acids is 1. The van der Waals surface area contributed by atoms with Gasteiger partial charge in [-0.15, -0.1) is 0 Å². The second kappa shape index (κ2) is 13.4. The largest absolute Gasteiger partial charge is 0.480 e. The molecule has 0 aromatic heterocycles. The van der Waals surface area contributed by atoms with Gasteiger partial charge in [-0.2, -0.15) is 0 Å². The molecule has 0 aromatic carbocycles. The van der Waals surface area contributed by atoms with Crippen molar-refractivity contribution in [1.82, 2.24) is 16.0 Å². The third-order valence-electron chi connectivity index (χ3n) is 3.79. The standard InChI is InChI=1S/C16H30N6O6/c1-9(21-15(26)10(18)5-6-12(19)23)14(25)20-8-13(24)22-11(16(27)28)4-2-3-7-17/h9-11H,2-8,17-18H2,1H3,(H2,19,23)(H,20,25)(H,21,26)(H,22,24)(H,27,28). The van der Waals surface area contributed by atoms with Crippen molar-refractivity contribution in [1.29, 1.82) is 0 Å². The van der Waals surface area contributed by atoms with Gasteiger partial charge in [0.25, 0.3) is 0 Å². The number of hydrogen-bond acceptors (Lipinski definition) is 7. The maximum Gasteiger partial charge on any atom is 0.326 e. The molecule has 0 rings (SSSR count). The number of unbranched alkanes of at least 4 members (excludes halogenated alkanes) is 1. The Morgan fingerprint density at radius 3 is 2.18 bits per heavy atom. The molecule has 0 heterocycles. The number of nitrogens with two attached hydrogens (primary N) is 3. The Bertz CT molecular complexity index is 570. The molecule has 0 aliphatic carbocycles. The first-order chi connectivity index (χ1) is 13.1. The topological polar surface area (TPSA) is 220 Å². The predicted molar refractivity (Wildman–Crippen MR) is 99.5 cm³/mol. The molecule has 0 saturated heterocycles. The summed E-state index contributed by atoms with van der Waals surface area (Å²) < 4.78 is 0. The van der Waals surface area contributed by atoms with Crippen molar-refractivity contribution in [2.45, 2.75) is 57.2 Å². The van der Waals surface area contributed by atoms with E-state index in [0.717, 1.165) is 0 Å². The molecule has 0 radical (unpaired) electrons. The molecule has 160 valence electrons. The summed E-state index contributed by atoms with van der Waals surface area (Å²) in [4.78, 5) is 57.4. The van der Waals surface area contributed by atoms with Crippen LogP contribution in [0.3, 0.4) is 0 Å². The van der Waals surface area contributed by atoms with Crippen LogP contribution in [0, 0.1) is 0 Å². The molecular formula is C16H30N6O6. The quantitative estimate of drug-likeness (QED) is 0.147. The number of carbonyl (C=O) groups is 5. The number of carboxylic acids is 1. The Labute approximate surface area is 162 Å². The van der Waals surface area contributed by atoms with Crippen molar-refractivity contribution in [2.75, 3.05) is 13.1 Å². The van der Waals surface area contributed by atoms with Crippen molar-refractivity contribution >= 4 is 29.6 Å². The van der Waals surface area contributed by atoms with Crippen molar-refractivity contribution in [3.8, 4) is 0 Å². The Balaban J connectivity index is 4.35. The number of carboxylic acid groups (broad SMARTS) is 1. The van der Waals surface area contributed by atoms with E-state index >= 15 is 0 Å². The van der Waals surface area contributed by atoms with Crippen LogP contribution in [0.2, 0.25) is 0 Å². The zero-order valence-corrected chi connectivity index (χ0v) is 15.9. The summed E-state index contributed by atoms with van der Waals surface area (Å²) in [5.74, 6) is -3.74. The second-order valence-electron chi connectivity index (χ2n) is 6.30. The normalized spacial score (nSPS) is 13.7. The summed E-state index contributed by atoms with van der Waals surface area (Å²) >= 11 is 0. The zero-order valence-electron chi connectivity index (χ0n) is 15.9. The van der Waals surface area contributed by atoms with Gasteiger partial charge in [-0.25, -0.2) is 4.79 Å². The molecule has 28 heavy (non-hydrogen) atoms. The minimum atomic E-state index is -1.18. The minimum absolute atomic E-state index is 0.0403. The monoisotopic (exact) mass is 402 g/mol. The van der Waals surface area contributed by atoms with Crippen LogP contribution in [0.15, 0.2) is 0 Å². The fourth-order valence-electron chi connectivity index (χ4n) is 2.13. The van der Waals surface area contributed by atoms with Gasteiger partial charge in [-0.05, 0) is 39.2 Å². The van der Waals surface area contributed by atoms with Gasteiger partial charge in [0.1, 0.15) is 12.1 Å². The van der Waals surface area contributed by atoms with Crippen LogP contribution >= 0.6 is 0 Å². The van der Waals surface area contributed by atoms with Crippen LogP contribution in [0.1, 0.15) is 39.0 Å². The van der Waals surface area contributed by atoms with E-state index < -0.39 is 54.3 Å². The maximum atomic E-state index is 12.0. The predicted octanol–water partition coefficient (Wildman–Crippen LogP) is -3.10. The van der Waals surface area contributed by atoms with E-state index in [0.29, 0.717) is 19.4 Å². The molecule has 0 aliphatic heterocycles. The first-order valence-corrected chi connectivity index (χ1v) is 8.92. The molecule has 12 nitrogen and oxygen atoms in total. The highest BCUT2D eigenvalue weighted by molar-refractivity contribution is 5.92. The molecule has 12 heteroatoms. The van der Waals surface area contributed by atoms with E-state index in [-0.39, 0.29) is 19.3 Å². The number of primary amides is 1. The van der Waals surface area contributed by atoms with Gasteiger partial charge in [-0.1, -0.05) is 0 Å². The van der Waals surface area contributed by atoms with Gasteiger partial charge in [0.2, 0.25) is 23.6 Å². The van der Waals surface area contributed by atoms with Crippen LogP contribution in [-0.2, 0) is 24.0 Å². The molecule has 0 fully saturated rings. The molecular weight excluding hydrogens is 372 g/mol. The molecule has 0 aromatic rings. The van der Waals surface area contributed by atoms with Crippen LogP contribution in [0.4, 0.5) is 0 Å². The third-order valence-corrected chi connectivity index (χ3v) is 3.79. The summed E-state index contributed by atoms with van der Waals surface area (Å²) in [6.45, 7) is 1.36. The highest BCUT2D eigenvalue weighted by Gasteiger charge is 2.22. The Hall–Kier alpha value is -2.73. The van der Waals surface area contributed by atoms with Gasteiger partial charge in [0.05, 0.1) is 12.6 Å². The van der Waals surface area contributed by atoms with Gasteiger partial charge >= 0.3 is 5.97 Å². The molecule has 0 saturated carbocycles. The number of nitrogens with one attached hydrogen (secondary N) is 3. The van der Waals surface area contributed by atoms with Crippen LogP contribution in [0.25, 0.3) is 0 Å². The highest BCUT2D eigenvalue weighted by atomic mass is 16.4. The highest BCUT2D eigenvalue weighted by Crippen LogP contribution is 2.00. The molecule has 0 aliphatic rings. The van der Waals surface area contributed by atoms with Gasteiger partial charge in [0.15, 0.2) is 0 Å². The lowest BCUT2D eigenvalue weighted by atomic mass is 10.1. The molecule has 0 spiro atoms. The lowest BCUT2D eigenvalue weighted by Crippen LogP contribution is -2.52. The summed E-state index contributed by atoms with van der Waals surface area (Å²) in [5.41, 5.74) is 15.9. The maximum absolute atomic E-state index is 12.0. The van der Waals surface area contributed by atoms with E-state index in [4.69, 9.17) is 22.3 Å². The van der Waals surface area contributed by atoms with Crippen LogP contribution in [-0.4, -0.2) is 65.9 Å². The summed E-state index contributed by atoms with van der Waals surface area (Å²) in [6, 6.07) is -3.06. The Morgan fingerprint density at radius 2 is 1.64 bits per heavy atom. The van der Waals surface area contributed by atoms with Gasteiger partial charge < -0.3 is 38.3 Å². The smallest absolute Gasteiger partial charge is 0.326 e. The number of hydrogen-bond donors (Lipinski definition) is 7. The zero-order chi connectivity index (χ0) is 21.7. The number of rotatable bonds is 14. The molecule has 4 amide bonds. The molecule has 3 unspecified atom stereocenters. The summed E-state index contributed by atoms with van der Waals surface area (Å²) in [5, 5.41) is 16.1. The lowest BCUT2D eigenvalue weighted by molar-refractivity contribution is -0.142. The van der Waals surface area contributed by atoms with Gasteiger partial charge in [-0.3, -0.25) is 19.2 Å². The molecule has 3 atom stereocenters. The van der Waals surface area contributed by atoms with Crippen molar-refractivity contribution in [3.05, 3.63) is 0 Å². The lowest BCUT2D eigenvalue weighted by Gasteiger charge is -2.18. The van der Waals surface area contributed by atoms with Crippen LogP contribution in [0.5, 0.6) is 0 Å². The number of carbonyl (C=O) groups excluding carboxylic acids is 4. The first kappa shape index (κ1) is 25.3. The van der Waals surface area contributed by atoms with E-state index in [9.17, 15) is 24.0 Å². The SMILES string of the molecule is CC(NC(=O)C(N)CCC(N)=O)C(=O)NCC(=O)NC(CCCCN)C(=O)O. The van der Waals surface area contributed by atoms with Crippen LogP contribution < -0.4 is 33.2 Å². The van der Waals surface area contributed by atoms with E-state index in [2.05, 4.69) is 16.0 Å². The van der Waals surface area contributed by atoms with E-state index in [1.165, 1.54) is 6.92 Å². The van der Waals surface area contributed by atoms with Crippen molar-refractivity contribution in [3.63, 3.8) is 0 Å². The van der Waals surface area contributed by atoms with Crippen molar-refractivity contribution < 1.29 is 29.1 Å². The summed E-state index contributed by atoms with van der Waals surface area (Å²) in [7, 11) is 0. The fourth-order valence-corrected chi connectivity index (χ4v) is 2.13. The first-order valence-electron chi connectivity index (χ1n) is 8.92. The second-order valence-corrected chi connectivity index (χ2v) is 6.30. The third kappa shape index (κ3) is 11.1. The van der Waals surface area contributed by atoms with E-state index in [1.54, 1.807) is 0 Å². The fraction of sp³-hybridized carbons (Fsp3) is 0.688. The Morgan fingerprint density at radius 1 is 1.00 bits per heavy atom. The number of amides is 4. The van der Waals surface area contributed by atoms with Gasteiger partial charge in [0, 0.05) is 6.42 Å².